The van der Waals surface area contributed by atoms with E-state index >= 15 is 0 Å². The highest BCUT2D eigenvalue weighted by atomic mass is 35.5. The average Bonchev–Trinajstić information content (AvgIpc) is 3.40. The van der Waals surface area contributed by atoms with Crippen LogP contribution in [0.1, 0.15) is 42.3 Å². The van der Waals surface area contributed by atoms with Gasteiger partial charge < -0.3 is 0 Å². The molecule has 0 saturated carbocycles. The fourth-order valence-corrected chi connectivity index (χ4v) is 4.06. The highest BCUT2D eigenvalue weighted by Gasteiger charge is 2.34. The van der Waals surface area contributed by atoms with Gasteiger partial charge in [-0.1, -0.05) is 24.6 Å². The van der Waals surface area contributed by atoms with Crippen LogP contribution in [0.2, 0.25) is 0 Å². The molecule has 0 amide bonds. The number of hydrogen-bond acceptors (Lipinski definition) is 6. The molecular formula is C21H20ClF4N7O2. The lowest BCUT2D eigenvalue weighted by molar-refractivity contribution is -0.140. The van der Waals surface area contributed by atoms with Gasteiger partial charge >= 0.3 is 11.9 Å². The molecule has 0 N–H and O–H groups in total. The van der Waals surface area contributed by atoms with E-state index in [2.05, 4.69) is 20.4 Å². The molecule has 9 nitrogen and oxygen atoms in total. The Bertz CT molecular complexity index is 1410. The van der Waals surface area contributed by atoms with Crippen molar-refractivity contribution in [3.8, 4) is 0 Å². The molecule has 0 atom stereocenters. The normalized spacial score (nSPS) is 13.3. The third kappa shape index (κ3) is 5.19. The van der Waals surface area contributed by atoms with E-state index in [1.54, 1.807) is 0 Å². The largest absolute Gasteiger partial charge is 0.419 e. The maximum atomic E-state index is 13.5. The number of aromatic nitrogens is 6. The van der Waals surface area contributed by atoms with Crippen molar-refractivity contribution in [2.24, 2.45) is 4.99 Å². The molecule has 1 aliphatic rings. The first-order chi connectivity index (χ1) is 16.6. The minimum atomic E-state index is -4.81. The highest BCUT2D eigenvalue weighted by molar-refractivity contribution is 6.66. The van der Waals surface area contributed by atoms with Crippen LogP contribution in [-0.2, 0) is 38.7 Å². The third-order valence-corrected chi connectivity index (χ3v) is 5.64. The number of nitrogens with zero attached hydrogens (tertiary/aromatic N) is 7. The van der Waals surface area contributed by atoms with Gasteiger partial charge in [0.15, 0.2) is 5.82 Å². The standard InChI is InChI=1S/C21H20ClF4N7O2/c1-2-6-31-18-13(11-16(22)27-18)19(34)32(20(31)35)7-3-8-33-29-17(28-30-33)10-12-4-5-15(23)14(9-12)21(24,25)26/h4-5,9H,2-3,6-8,10-11H2,1H3. The lowest BCUT2D eigenvalue weighted by Crippen LogP contribution is -2.41. The summed E-state index contributed by atoms with van der Waals surface area (Å²) in [6.07, 6.45) is -3.72. The van der Waals surface area contributed by atoms with E-state index in [0.29, 0.717) is 36.8 Å². The van der Waals surface area contributed by atoms with E-state index in [1.165, 1.54) is 15.4 Å². The number of tetrazole rings is 1. The number of aliphatic imine (C=N–C) groups is 1. The molecule has 4 rings (SSSR count). The van der Waals surface area contributed by atoms with Crippen LogP contribution >= 0.6 is 11.6 Å². The van der Waals surface area contributed by atoms with Gasteiger partial charge in [0.05, 0.1) is 17.7 Å². The second-order valence-corrected chi connectivity index (χ2v) is 8.44. The SMILES string of the molecule is CCCn1c2c(c(=O)n(CCCn3nnc(Cc4ccc(F)c(C(F)(F)F)c4)n3)c1=O)CC(Cl)=N2. The van der Waals surface area contributed by atoms with Gasteiger partial charge in [0.1, 0.15) is 16.8 Å². The predicted octanol–water partition coefficient (Wildman–Crippen LogP) is 3.07. The van der Waals surface area contributed by atoms with Crippen LogP contribution in [0.4, 0.5) is 23.4 Å². The van der Waals surface area contributed by atoms with E-state index in [-0.39, 0.29) is 42.5 Å². The summed E-state index contributed by atoms with van der Waals surface area (Å²) < 4.78 is 54.8. The molecule has 0 saturated heterocycles. The molecule has 0 aliphatic carbocycles. The summed E-state index contributed by atoms with van der Waals surface area (Å²) in [6.45, 7) is 2.59. The molecule has 1 aromatic carbocycles. The first-order valence-electron chi connectivity index (χ1n) is 10.8. The van der Waals surface area contributed by atoms with Gasteiger partial charge in [0.25, 0.3) is 5.56 Å². The number of alkyl halides is 3. The zero-order chi connectivity index (χ0) is 25.3. The summed E-state index contributed by atoms with van der Waals surface area (Å²) in [4.78, 5) is 31.1. The van der Waals surface area contributed by atoms with Gasteiger partial charge in [-0.15, -0.1) is 10.2 Å². The topological polar surface area (TPSA) is 100.0 Å². The second kappa shape index (κ2) is 9.72. The van der Waals surface area contributed by atoms with Crippen LogP contribution in [0, 0.1) is 5.82 Å². The number of rotatable bonds is 8. The predicted molar refractivity (Wildman–Crippen MR) is 119 cm³/mol. The van der Waals surface area contributed by atoms with Crippen LogP contribution in [-0.4, -0.2) is 34.5 Å². The molecular weight excluding hydrogens is 494 g/mol. The number of aryl methyl sites for hydroxylation is 1. The Hall–Kier alpha value is -3.35. The van der Waals surface area contributed by atoms with Gasteiger partial charge in [-0.05, 0) is 35.8 Å². The summed E-state index contributed by atoms with van der Waals surface area (Å²) in [6, 6.07) is 2.69. The molecule has 0 radical (unpaired) electrons. The quantitative estimate of drug-likeness (QED) is 0.431. The van der Waals surface area contributed by atoms with E-state index < -0.39 is 28.8 Å². The molecule has 2 aromatic heterocycles. The molecule has 1 aliphatic heterocycles. The molecule has 35 heavy (non-hydrogen) atoms. The lowest BCUT2D eigenvalue weighted by atomic mass is 10.1. The molecule has 0 unspecified atom stereocenters. The summed E-state index contributed by atoms with van der Waals surface area (Å²) in [5, 5.41) is 12.1. The summed E-state index contributed by atoms with van der Waals surface area (Å²) in [5.74, 6) is -0.900. The van der Waals surface area contributed by atoms with Crippen LogP contribution in [0.3, 0.4) is 0 Å². The van der Waals surface area contributed by atoms with Gasteiger partial charge in [-0.3, -0.25) is 13.9 Å². The Labute approximate surface area is 200 Å². The highest BCUT2D eigenvalue weighted by Crippen LogP contribution is 2.32. The first-order valence-corrected chi connectivity index (χ1v) is 11.2. The van der Waals surface area contributed by atoms with Gasteiger partial charge in [0, 0.05) is 25.9 Å². The first kappa shape index (κ1) is 24.8. The number of fused-ring (bicyclic) bond motifs is 1. The Balaban J connectivity index is 1.45. The maximum absolute atomic E-state index is 13.5. The Morgan fingerprint density at radius 1 is 1.11 bits per heavy atom. The van der Waals surface area contributed by atoms with Gasteiger partial charge in [-0.2, -0.15) is 18.0 Å². The zero-order valence-corrected chi connectivity index (χ0v) is 19.3. The van der Waals surface area contributed by atoms with E-state index in [4.69, 9.17) is 11.6 Å². The Morgan fingerprint density at radius 2 is 1.89 bits per heavy atom. The van der Waals surface area contributed by atoms with E-state index in [0.717, 1.165) is 10.6 Å². The molecule has 0 bridgehead atoms. The molecule has 3 heterocycles. The molecule has 186 valence electrons. The van der Waals surface area contributed by atoms with Crippen molar-refractivity contribution < 1.29 is 17.6 Å². The monoisotopic (exact) mass is 513 g/mol. The fraction of sp³-hybridized carbons (Fsp3) is 0.429. The second-order valence-electron chi connectivity index (χ2n) is 8.00. The number of benzene rings is 1. The fourth-order valence-electron chi connectivity index (χ4n) is 3.84. The Kier molecular flexibility index (Phi) is 6.88. The smallest absolute Gasteiger partial charge is 0.278 e. The molecule has 0 fully saturated rings. The van der Waals surface area contributed by atoms with Crippen molar-refractivity contribution in [3.63, 3.8) is 0 Å². The van der Waals surface area contributed by atoms with Crippen LogP contribution < -0.4 is 11.2 Å². The van der Waals surface area contributed by atoms with E-state index in [1.807, 2.05) is 6.92 Å². The molecule has 14 heteroatoms. The van der Waals surface area contributed by atoms with Gasteiger partial charge in [-0.25, -0.2) is 14.2 Å². The number of halogens is 5. The lowest BCUT2D eigenvalue weighted by Gasteiger charge is -2.13. The molecule has 0 spiro atoms. The van der Waals surface area contributed by atoms with Gasteiger partial charge in [0.2, 0.25) is 0 Å². The maximum Gasteiger partial charge on any atom is 0.419 e. The van der Waals surface area contributed by atoms with Crippen molar-refractivity contribution in [1.82, 2.24) is 29.3 Å². The van der Waals surface area contributed by atoms with Crippen LogP contribution in [0.25, 0.3) is 0 Å². The average molecular weight is 514 g/mol. The summed E-state index contributed by atoms with van der Waals surface area (Å²) in [5.41, 5.74) is -1.72. The van der Waals surface area contributed by atoms with Crippen LogP contribution in [0.5, 0.6) is 0 Å². The molecule has 3 aromatic rings. The number of hydrogen-bond donors (Lipinski definition) is 0. The summed E-state index contributed by atoms with van der Waals surface area (Å²) >= 11 is 6.00. The van der Waals surface area contributed by atoms with Crippen molar-refractivity contribution in [2.45, 2.75) is 58.4 Å². The minimum Gasteiger partial charge on any atom is -0.278 e. The Morgan fingerprint density at radius 3 is 2.60 bits per heavy atom. The van der Waals surface area contributed by atoms with Crippen molar-refractivity contribution in [3.05, 3.63) is 67.4 Å². The van der Waals surface area contributed by atoms with Crippen molar-refractivity contribution in [1.29, 1.82) is 0 Å². The third-order valence-electron chi connectivity index (χ3n) is 5.42. The van der Waals surface area contributed by atoms with Crippen molar-refractivity contribution in [2.75, 3.05) is 0 Å². The zero-order valence-electron chi connectivity index (χ0n) is 18.5. The van der Waals surface area contributed by atoms with Crippen molar-refractivity contribution >= 4 is 22.6 Å². The minimum absolute atomic E-state index is 0.0733. The summed E-state index contributed by atoms with van der Waals surface area (Å²) in [7, 11) is 0. The van der Waals surface area contributed by atoms with Crippen LogP contribution in [0.15, 0.2) is 32.8 Å². The van der Waals surface area contributed by atoms with E-state index in [9.17, 15) is 27.2 Å².